The van der Waals surface area contributed by atoms with Crippen molar-refractivity contribution in [1.29, 1.82) is 0 Å². The monoisotopic (exact) mass is 181 g/mol. The molecular weight excluding hydrogens is 166 g/mol. The van der Waals surface area contributed by atoms with Gasteiger partial charge in [0.1, 0.15) is 0 Å². The van der Waals surface area contributed by atoms with Gasteiger partial charge in [-0.25, -0.2) is 0 Å². The Balaban J connectivity index is 2.67. The summed E-state index contributed by atoms with van der Waals surface area (Å²) < 4.78 is 4.89. The van der Waals surface area contributed by atoms with Gasteiger partial charge < -0.3 is 10.5 Å². The highest BCUT2D eigenvalue weighted by atomic mass is 16.5. The Kier molecular flexibility index (Phi) is 3.64. The molecule has 0 aromatic carbocycles. The summed E-state index contributed by atoms with van der Waals surface area (Å²) in [4.78, 5) is 0. The molecular formula is C9H15N3O. The van der Waals surface area contributed by atoms with Crippen LogP contribution < -0.4 is 10.5 Å². The van der Waals surface area contributed by atoms with E-state index in [1.54, 1.807) is 13.2 Å². The minimum atomic E-state index is -0.0107. The number of ether oxygens (including phenoxy) is 1. The highest BCUT2D eigenvalue weighted by Crippen LogP contribution is 2.13. The Bertz CT molecular complexity index is 248. The molecule has 0 saturated carbocycles. The second-order valence-electron chi connectivity index (χ2n) is 2.90. The molecule has 72 valence electrons. The van der Waals surface area contributed by atoms with Crippen LogP contribution in [0.5, 0.6) is 5.88 Å². The number of aromatic nitrogens is 2. The smallest absolute Gasteiger partial charge is 0.233 e. The fourth-order valence-electron chi connectivity index (χ4n) is 1.10. The topological polar surface area (TPSA) is 61.0 Å². The van der Waals surface area contributed by atoms with Gasteiger partial charge in [0.2, 0.25) is 5.88 Å². The normalized spacial score (nSPS) is 12.5. The molecule has 1 atom stereocenters. The molecule has 0 saturated heterocycles. The predicted octanol–water partition coefficient (Wildman–Crippen LogP) is 1.29. The van der Waals surface area contributed by atoms with Gasteiger partial charge in [-0.2, -0.15) is 5.10 Å². The maximum Gasteiger partial charge on any atom is 0.233 e. The van der Waals surface area contributed by atoms with Crippen LogP contribution in [0.1, 0.15) is 31.5 Å². The Labute approximate surface area is 78.1 Å². The molecule has 0 unspecified atom stereocenters. The lowest BCUT2D eigenvalue weighted by Gasteiger charge is -2.08. The first-order valence-corrected chi connectivity index (χ1v) is 4.41. The van der Waals surface area contributed by atoms with Crippen LogP contribution in [0.25, 0.3) is 0 Å². The first-order valence-electron chi connectivity index (χ1n) is 4.41. The number of hydrogen-bond donors (Lipinski definition) is 1. The van der Waals surface area contributed by atoms with E-state index in [1.807, 2.05) is 6.07 Å². The van der Waals surface area contributed by atoms with Crippen LogP contribution in [0.4, 0.5) is 0 Å². The maximum atomic E-state index is 5.85. The molecule has 4 nitrogen and oxygen atoms in total. The van der Waals surface area contributed by atoms with Gasteiger partial charge in [0, 0.05) is 12.1 Å². The van der Waals surface area contributed by atoms with Crippen LogP contribution in [0.15, 0.2) is 12.1 Å². The second-order valence-corrected chi connectivity index (χ2v) is 2.90. The number of methoxy groups -OCH3 is 1. The van der Waals surface area contributed by atoms with Gasteiger partial charge in [-0.3, -0.25) is 0 Å². The summed E-state index contributed by atoms with van der Waals surface area (Å²) in [7, 11) is 1.57. The van der Waals surface area contributed by atoms with E-state index < -0.39 is 0 Å². The van der Waals surface area contributed by atoms with E-state index in [1.165, 1.54) is 0 Å². The lowest BCUT2D eigenvalue weighted by molar-refractivity contribution is 0.390. The minimum Gasteiger partial charge on any atom is -0.480 e. The molecule has 1 aromatic rings. The van der Waals surface area contributed by atoms with E-state index in [-0.39, 0.29) is 6.04 Å². The van der Waals surface area contributed by atoms with Gasteiger partial charge in [-0.1, -0.05) is 13.3 Å². The third-order valence-corrected chi connectivity index (χ3v) is 1.85. The fourth-order valence-corrected chi connectivity index (χ4v) is 1.10. The first kappa shape index (κ1) is 9.92. The van der Waals surface area contributed by atoms with Crippen molar-refractivity contribution in [2.75, 3.05) is 7.11 Å². The molecule has 0 aliphatic heterocycles. The van der Waals surface area contributed by atoms with E-state index in [0.717, 1.165) is 18.5 Å². The Hall–Kier alpha value is -1.16. The molecule has 13 heavy (non-hydrogen) atoms. The lowest BCUT2D eigenvalue weighted by Crippen LogP contribution is -2.12. The van der Waals surface area contributed by atoms with Crippen molar-refractivity contribution in [2.24, 2.45) is 5.73 Å². The maximum absolute atomic E-state index is 5.85. The lowest BCUT2D eigenvalue weighted by atomic mass is 10.1. The van der Waals surface area contributed by atoms with Crippen LogP contribution in [-0.4, -0.2) is 17.3 Å². The fraction of sp³-hybridized carbons (Fsp3) is 0.556. The highest BCUT2D eigenvalue weighted by Gasteiger charge is 2.06. The van der Waals surface area contributed by atoms with E-state index in [9.17, 15) is 0 Å². The molecule has 0 aliphatic carbocycles. The largest absolute Gasteiger partial charge is 0.480 e. The summed E-state index contributed by atoms with van der Waals surface area (Å²) in [6, 6.07) is 3.62. The molecule has 0 radical (unpaired) electrons. The van der Waals surface area contributed by atoms with Crippen LogP contribution >= 0.6 is 0 Å². The number of hydrogen-bond acceptors (Lipinski definition) is 4. The van der Waals surface area contributed by atoms with Crippen molar-refractivity contribution in [3.05, 3.63) is 17.8 Å². The predicted molar refractivity (Wildman–Crippen MR) is 50.4 cm³/mol. The molecule has 1 rings (SSSR count). The Morgan fingerprint density at radius 3 is 2.69 bits per heavy atom. The number of nitrogens with two attached hydrogens (primary N) is 1. The van der Waals surface area contributed by atoms with Crippen molar-refractivity contribution < 1.29 is 4.74 Å². The standard InChI is InChI=1S/C9H15N3O/c1-3-4-7(10)8-5-6-9(13-2)12-11-8/h5-7H,3-4,10H2,1-2H3/t7-/m1/s1. The van der Waals surface area contributed by atoms with Crippen molar-refractivity contribution >= 4 is 0 Å². The van der Waals surface area contributed by atoms with Gasteiger partial charge >= 0.3 is 0 Å². The Morgan fingerprint density at radius 2 is 2.23 bits per heavy atom. The average Bonchev–Trinajstić information content (AvgIpc) is 2.18. The highest BCUT2D eigenvalue weighted by molar-refractivity contribution is 5.13. The zero-order chi connectivity index (χ0) is 9.68. The summed E-state index contributed by atoms with van der Waals surface area (Å²) in [6.07, 6.45) is 1.98. The zero-order valence-electron chi connectivity index (χ0n) is 8.03. The third kappa shape index (κ3) is 2.66. The number of nitrogens with zero attached hydrogens (tertiary/aromatic N) is 2. The van der Waals surface area contributed by atoms with Crippen LogP contribution in [0.3, 0.4) is 0 Å². The summed E-state index contributed by atoms with van der Waals surface area (Å²) in [5.41, 5.74) is 6.68. The molecule has 1 heterocycles. The van der Waals surface area contributed by atoms with E-state index in [0.29, 0.717) is 5.88 Å². The Morgan fingerprint density at radius 1 is 1.46 bits per heavy atom. The van der Waals surface area contributed by atoms with Crippen LogP contribution in [0.2, 0.25) is 0 Å². The second kappa shape index (κ2) is 4.77. The summed E-state index contributed by atoms with van der Waals surface area (Å²) in [5, 5.41) is 7.82. The molecule has 1 aromatic heterocycles. The molecule has 0 bridgehead atoms. The molecule has 0 aliphatic rings. The molecule has 0 amide bonds. The molecule has 0 fully saturated rings. The van der Waals surface area contributed by atoms with E-state index >= 15 is 0 Å². The third-order valence-electron chi connectivity index (χ3n) is 1.85. The summed E-state index contributed by atoms with van der Waals surface area (Å²) in [6.45, 7) is 2.09. The summed E-state index contributed by atoms with van der Waals surface area (Å²) >= 11 is 0. The van der Waals surface area contributed by atoms with Gasteiger partial charge in [0.05, 0.1) is 12.8 Å². The zero-order valence-corrected chi connectivity index (χ0v) is 8.03. The van der Waals surface area contributed by atoms with Crippen molar-refractivity contribution in [3.8, 4) is 5.88 Å². The average molecular weight is 181 g/mol. The quantitative estimate of drug-likeness (QED) is 0.760. The number of rotatable bonds is 4. The van der Waals surface area contributed by atoms with Crippen LogP contribution in [0, 0.1) is 0 Å². The minimum absolute atomic E-state index is 0.0107. The van der Waals surface area contributed by atoms with Crippen LogP contribution in [-0.2, 0) is 0 Å². The first-order chi connectivity index (χ1) is 6.27. The molecule has 4 heteroatoms. The van der Waals surface area contributed by atoms with Gasteiger partial charge in [0.25, 0.3) is 0 Å². The van der Waals surface area contributed by atoms with Crippen molar-refractivity contribution in [1.82, 2.24) is 10.2 Å². The van der Waals surface area contributed by atoms with Crippen molar-refractivity contribution in [2.45, 2.75) is 25.8 Å². The molecule has 0 spiro atoms. The van der Waals surface area contributed by atoms with Gasteiger partial charge in [-0.05, 0) is 12.5 Å². The molecule has 2 N–H and O–H groups in total. The van der Waals surface area contributed by atoms with E-state index in [4.69, 9.17) is 10.5 Å². The SMILES string of the molecule is CCC[C@@H](N)c1ccc(OC)nn1. The van der Waals surface area contributed by atoms with E-state index in [2.05, 4.69) is 17.1 Å². The van der Waals surface area contributed by atoms with Crippen molar-refractivity contribution in [3.63, 3.8) is 0 Å². The van der Waals surface area contributed by atoms with Gasteiger partial charge in [0.15, 0.2) is 0 Å². The summed E-state index contributed by atoms with van der Waals surface area (Å²) in [5.74, 6) is 0.521. The van der Waals surface area contributed by atoms with Gasteiger partial charge in [-0.15, -0.1) is 5.10 Å².